The van der Waals surface area contributed by atoms with Crippen molar-refractivity contribution in [3.05, 3.63) is 28.3 Å². The molecule has 0 aliphatic carbocycles. The summed E-state index contributed by atoms with van der Waals surface area (Å²) in [5.41, 5.74) is 1.49. The van der Waals surface area contributed by atoms with Gasteiger partial charge in [0, 0.05) is 18.7 Å². The molecule has 1 heterocycles. The predicted molar refractivity (Wildman–Crippen MR) is 75.3 cm³/mol. The number of aromatic amines is 1. The number of H-pyrrole nitrogens is 1. The molecule has 0 saturated heterocycles. The molecule has 0 aliphatic rings. The SMILES string of the molecule is CCC(CC)CNc1nc2ccc([N+](=O)[O-])cc2[nH]1. The van der Waals surface area contributed by atoms with Crippen LogP contribution in [0.15, 0.2) is 18.2 Å². The maximum absolute atomic E-state index is 10.7. The largest absolute Gasteiger partial charge is 0.356 e. The molecule has 2 aromatic rings. The molecule has 6 nitrogen and oxygen atoms in total. The second-order valence-corrected chi connectivity index (χ2v) is 4.61. The van der Waals surface area contributed by atoms with Crippen molar-refractivity contribution in [2.75, 3.05) is 11.9 Å². The molecule has 2 rings (SSSR count). The molecule has 0 radical (unpaired) electrons. The highest BCUT2D eigenvalue weighted by Gasteiger charge is 2.10. The molecule has 1 aromatic heterocycles. The molecule has 0 aliphatic heterocycles. The van der Waals surface area contributed by atoms with Gasteiger partial charge in [0.2, 0.25) is 5.95 Å². The summed E-state index contributed by atoms with van der Waals surface area (Å²) >= 11 is 0. The van der Waals surface area contributed by atoms with Crippen LogP contribution in [0.1, 0.15) is 26.7 Å². The molecule has 0 amide bonds. The topological polar surface area (TPSA) is 83.8 Å². The minimum Gasteiger partial charge on any atom is -0.356 e. The van der Waals surface area contributed by atoms with Crippen LogP contribution in [0.3, 0.4) is 0 Å². The van der Waals surface area contributed by atoms with Crippen LogP contribution in [-0.4, -0.2) is 21.4 Å². The molecule has 0 atom stereocenters. The summed E-state index contributed by atoms with van der Waals surface area (Å²) in [6, 6.07) is 4.63. The second kappa shape index (κ2) is 5.69. The fourth-order valence-corrected chi connectivity index (χ4v) is 2.01. The number of hydrogen-bond donors (Lipinski definition) is 2. The highest BCUT2D eigenvalue weighted by molar-refractivity contribution is 5.79. The molecule has 0 saturated carbocycles. The van der Waals surface area contributed by atoms with Crippen LogP contribution in [0.5, 0.6) is 0 Å². The zero-order valence-corrected chi connectivity index (χ0v) is 11.1. The normalized spacial score (nSPS) is 11.1. The minimum absolute atomic E-state index is 0.0719. The van der Waals surface area contributed by atoms with Crippen molar-refractivity contribution in [3.8, 4) is 0 Å². The Morgan fingerprint density at radius 2 is 2.16 bits per heavy atom. The third kappa shape index (κ3) is 3.01. The zero-order valence-electron chi connectivity index (χ0n) is 11.1. The van der Waals surface area contributed by atoms with E-state index in [0.717, 1.165) is 24.9 Å². The molecule has 1 aromatic carbocycles. The first-order chi connectivity index (χ1) is 9.13. The molecule has 102 valence electrons. The fraction of sp³-hybridized carbons (Fsp3) is 0.462. The minimum atomic E-state index is -0.405. The zero-order chi connectivity index (χ0) is 13.8. The number of aromatic nitrogens is 2. The van der Waals surface area contributed by atoms with Gasteiger partial charge >= 0.3 is 0 Å². The number of nitrogens with zero attached hydrogens (tertiary/aromatic N) is 2. The van der Waals surface area contributed by atoms with Crippen LogP contribution >= 0.6 is 0 Å². The Balaban J connectivity index is 2.15. The Labute approximate surface area is 111 Å². The van der Waals surface area contributed by atoms with Crippen molar-refractivity contribution < 1.29 is 4.92 Å². The lowest BCUT2D eigenvalue weighted by Gasteiger charge is -2.11. The first-order valence-corrected chi connectivity index (χ1v) is 6.52. The van der Waals surface area contributed by atoms with Crippen molar-refractivity contribution in [3.63, 3.8) is 0 Å². The van der Waals surface area contributed by atoms with E-state index >= 15 is 0 Å². The number of non-ortho nitro benzene ring substituents is 1. The van der Waals surface area contributed by atoms with Gasteiger partial charge in [0.1, 0.15) is 0 Å². The van der Waals surface area contributed by atoms with Crippen LogP contribution in [0.4, 0.5) is 11.6 Å². The molecule has 0 fully saturated rings. The number of nitrogens with one attached hydrogen (secondary N) is 2. The Morgan fingerprint density at radius 3 is 2.79 bits per heavy atom. The van der Waals surface area contributed by atoms with Crippen LogP contribution in [0, 0.1) is 16.0 Å². The number of anilines is 1. The Hall–Kier alpha value is -2.11. The van der Waals surface area contributed by atoms with Crippen molar-refractivity contribution >= 4 is 22.7 Å². The molecular weight excluding hydrogens is 244 g/mol. The number of nitro groups is 1. The van der Waals surface area contributed by atoms with Gasteiger partial charge in [-0.1, -0.05) is 26.7 Å². The maximum Gasteiger partial charge on any atom is 0.271 e. The quantitative estimate of drug-likeness (QED) is 0.617. The molecule has 0 unspecified atom stereocenters. The summed E-state index contributed by atoms with van der Waals surface area (Å²) in [5, 5.41) is 13.9. The molecular formula is C13H18N4O2. The Kier molecular flexibility index (Phi) is 3.99. The first-order valence-electron chi connectivity index (χ1n) is 6.52. The highest BCUT2D eigenvalue weighted by Crippen LogP contribution is 2.20. The van der Waals surface area contributed by atoms with Gasteiger partial charge in [-0.15, -0.1) is 0 Å². The number of nitro benzene ring substituents is 1. The molecule has 0 bridgehead atoms. The van der Waals surface area contributed by atoms with E-state index in [0.29, 0.717) is 17.4 Å². The van der Waals surface area contributed by atoms with Crippen molar-refractivity contribution in [1.82, 2.24) is 9.97 Å². The van der Waals surface area contributed by atoms with Gasteiger partial charge in [-0.3, -0.25) is 10.1 Å². The van der Waals surface area contributed by atoms with Gasteiger partial charge in [0.05, 0.1) is 16.0 Å². The Morgan fingerprint density at radius 1 is 1.42 bits per heavy atom. The van der Waals surface area contributed by atoms with Crippen LogP contribution in [-0.2, 0) is 0 Å². The summed E-state index contributed by atoms with van der Waals surface area (Å²) in [6.45, 7) is 5.19. The number of imidazole rings is 1. The first kappa shape index (κ1) is 13.3. The average Bonchev–Trinajstić information content (AvgIpc) is 2.81. The molecule has 19 heavy (non-hydrogen) atoms. The lowest BCUT2D eigenvalue weighted by atomic mass is 10.0. The average molecular weight is 262 g/mol. The fourth-order valence-electron chi connectivity index (χ4n) is 2.01. The predicted octanol–water partition coefficient (Wildman–Crippen LogP) is 3.32. The number of hydrogen-bond acceptors (Lipinski definition) is 4. The van der Waals surface area contributed by atoms with E-state index in [1.807, 2.05) is 0 Å². The maximum atomic E-state index is 10.7. The summed E-state index contributed by atoms with van der Waals surface area (Å²) in [5.74, 6) is 1.28. The van der Waals surface area contributed by atoms with Gasteiger partial charge in [-0.2, -0.15) is 0 Å². The lowest BCUT2D eigenvalue weighted by molar-refractivity contribution is -0.384. The third-order valence-corrected chi connectivity index (χ3v) is 3.39. The van der Waals surface area contributed by atoms with Gasteiger partial charge < -0.3 is 10.3 Å². The van der Waals surface area contributed by atoms with Crippen molar-refractivity contribution in [2.24, 2.45) is 5.92 Å². The molecule has 6 heteroatoms. The number of benzene rings is 1. The van der Waals surface area contributed by atoms with E-state index in [1.165, 1.54) is 12.1 Å². The van der Waals surface area contributed by atoms with Gasteiger partial charge in [0.25, 0.3) is 5.69 Å². The van der Waals surface area contributed by atoms with Crippen molar-refractivity contribution in [1.29, 1.82) is 0 Å². The summed E-state index contributed by atoms with van der Waals surface area (Å²) in [6.07, 6.45) is 2.24. The van der Waals surface area contributed by atoms with Crippen LogP contribution < -0.4 is 5.32 Å². The van der Waals surface area contributed by atoms with Gasteiger partial charge in [0.15, 0.2) is 0 Å². The highest BCUT2D eigenvalue weighted by atomic mass is 16.6. The standard InChI is InChI=1S/C13H18N4O2/c1-3-9(4-2)8-14-13-15-11-6-5-10(17(18)19)7-12(11)16-13/h5-7,9H,3-4,8H2,1-2H3,(H2,14,15,16). The summed E-state index contributed by atoms with van der Waals surface area (Å²) in [7, 11) is 0. The number of rotatable bonds is 6. The molecule has 2 N–H and O–H groups in total. The van der Waals surface area contributed by atoms with Gasteiger partial charge in [-0.05, 0) is 12.0 Å². The summed E-state index contributed by atoms with van der Waals surface area (Å²) in [4.78, 5) is 17.7. The van der Waals surface area contributed by atoms with E-state index in [4.69, 9.17) is 0 Å². The van der Waals surface area contributed by atoms with E-state index in [1.54, 1.807) is 6.07 Å². The van der Waals surface area contributed by atoms with E-state index < -0.39 is 4.92 Å². The van der Waals surface area contributed by atoms with Crippen LogP contribution in [0.25, 0.3) is 11.0 Å². The van der Waals surface area contributed by atoms with E-state index in [2.05, 4.69) is 29.1 Å². The third-order valence-electron chi connectivity index (χ3n) is 3.39. The second-order valence-electron chi connectivity index (χ2n) is 4.61. The van der Waals surface area contributed by atoms with E-state index in [-0.39, 0.29) is 5.69 Å². The monoisotopic (exact) mass is 262 g/mol. The molecule has 0 spiro atoms. The number of fused-ring (bicyclic) bond motifs is 1. The lowest BCUT2D eigenvalue weighted by Crippen LogP contribution is -2.13. The van der Waals surface area contributed by atoms with Gasteiger partial charge in [-0.25, -0.2) is 4.98 Å². The van der Waals surface area contributed by atoms with Crippen molar-refractivity contribution in [2.45, 2.75) is 26.7 Å². The summed E-state index contributed by atoms with van der Waals surface area (Å²) < 4.78 is 0. The van der Waals surface area contributed by atoms with E-state index in [9.17, 15) is 10.1 Å². The van der Waals surface area contributed by atoms with Crippen LogP contribution in [0.2, 0.25) is 0 Å². The smallest absolute Gasteiger partial charge is 0.271 e. The Bertz CT molecular complexity index is 575.